The number of hydrogen-bond donors (Lipinski definition) is 2. The predicted molar refractivity (Wildman–Crippen MR) is 46.7 cm³/mol. The van der Waals surface area contributed by atoms with E-state index >= 15 is 0 Å². The Bertz CT molecular complexity index is 343. The molecule has 1 aliphatic rings. The zero-order chi connectivity index (χ0) is 9.42. The molecule has 0 aromatic carbocycles. The fourth-order valence-electron chi connectivity index (χ4n) is 1.85. The molecule has 1 aromatic heterocycles. The third-order valence-corrected chi connectivity index (χ3v) is 2.60. The predicted octanol–water partition coefficient (Wildman–Crippen LogP) is 1.23. The summed E-state index contributed by atoms with van der Waals surface area (Å²) in [6, 6.07) is 0. The maximum atomic E-state index is 10.8. The minimum absolute atomic E-state index is 0.210. The Balaban J connectivity index is 2.41. The van der Waals surface area contributed by atoms with Crippen LogP contribution in [0.1, 0.15) is 35.1 Å². The molecule has 0 spiro atoms. The van der Waals surface area contributed by atoms with Crippen molar-refractivity contribution in [3.05, 3.63) is 17.0 Å². The number of fused-ring (bicyclic) bond motifs is 1. The Hall–Kier alpha value is -1.32. The molecule has 4 heteroatoms. The van der Waals surface area contributed by atoms with E-state index in [9.17, 15) is 4.79 Å². The number of hydrogen-bond acceptors (Lipinski definition) is 2. The SMILES string of the molecule is C[C@@H]1CCc2[nH]nc(C(=O)O)c2C1. The second-order valence-electron chi connectivity index (χ2n) is 3.68. The van der Waals surface area contributed by atoms with Crippen LogP contribution in [0.15, 0.2) is 0 Å². The summed E-state index contributed by atoms with van der Waals surface area (Å²) in [7, 11) is 0. The van der Waals surface area contributed by atoms with Gasteiger partial charge in [0.05, 0.1) is 0 Å². The molecular formula is C9H12N2O2. The fraction of sp³-hybridized carbons (Fsp3) is 0.556. The van der Waals surface area contributed by atoms with Gasteiger partial charge in [0.1, 0.15) is 0 Å². The first-order valence-electron chi connectivity index (χ1n) is 4.48. The Morgan fingerprint density at radius 3 is 3.15 bits per heavy atom. The van der Waals surface area contributed by atoms with Gasteiger partial charge in [-0.15, -0.1) is 0 Å². The molecular weight excluding hydrogens is 168 g/mol. The van der Waals surface area contributed by atoms with E-state index in [2.05, 4.69) is 17.1 Å². The van der Waals surface area contributed by atoms with E-state index in [0.29, 0.717) is 5.92 Å². The van der Waals surface area contributed by atoms with Crippen molar-refractivity contribution in [3.63, 3.8) is 0 Å². The van der Waals surface area contributed by atoms with Gasteiger partial charge in [-0.2, -0.15) is 5.10 Å². The first-order chi connectivity index (χ1) is 6.18. The summed E-state index contributed by atoms with van der Waals surface area (Å²) < 4.78 is 0. The summed E-state index contributed by atoms with van der Waals surface area (Å²) in [5, 5.41) is 15.4. The first kappa shape index (κ1) is 8.29. The maximum Gasteiger partial charge on any atom is 0.356 e. The molecule has 0 aliphatic heterocycles. The largest absolute Gasteiger partial charge is 0.476 e. The van der Waals surface area contributed by atoms with Gasteiger partial charge in [0, 0.05) is 11.3 Å². The van der Waals surface area contributed by atoms with Gasteiger partial charge in [-0.1, -0.05) is 6.92 Å². The van der Waals surface area contributed by atoms with E-state index in [4.69, 9.17) is 5.11 Å². The lowest BCUT2D eigenvalue weighted by Crippen LogP contribution is -2.13. The topological polar surface area (TPSA) is 66.0 Å². The van der Waals surface area contributed by atoms with Crippen LogP contribution in [0.2, 0.25) is 0 Å². The lowest BCUT2D eigenvalue weighted by atomic mass is 9.88. The number of nitrogens with zero attached hydrogens (tertiary/aromatic N) is 1. The number of carbonyl (C=O) groups is 1. The lowest BCUT2D eigenvalue weighted by molar-refractivity contribution is 0.0689. The van der Waals surface area contributed by atoms with Gasteiger partial charge in [0.2, 0.25) is 0 Å². The minimum atomic E-state index is -0.924. The lowest BCUT2D eigenvalue weighted by Gasteiger charge is -2.17. The highest BCUT2D eigenvalue weighted by Crippen LogP contribution is 2.25. The maximum absolute atomic E-state index is 10.8. The van der Waals surface area contributed by atoms with E-state index < -0.39 is 5.97 Å². The number of aryl methyl sites for hydroxylation is 1. The third-order valence-electron chi connectivity index (χ3n) is 2.60. The standard InChI is InChI=1S/C9H12N2O2/c1-5-2-3-7-6(4-5)8(9(12)13)11-10-7/h5H,2-4H2,1H3,(H,10,11)(H,12,13)/t5-/m1/s1. The number of nitrogens with one attached hydrogen (secondary N) is 1. The van der Waals surface area contributed by atoms with Crippen LogP contribution in [0.5, 0.6) is 0 Å². The highest BCUT2D eigenvalue weighted by atomic mass is 16.4. The molecule has 0 amide bonds. The molecule has 2 N–H and O–H groups in total. The average molecular weight is 180 g/mol. The normalized spacial score (nSPS) is 21.2. The van der Waals surface area contributed by atoms with Crippen LogP contribution in [0.3, 0.4) is 0 Å². The van der Waals surface area contributed by atoms with Crippen LogP contribution in [0.4, 0.5) is 0 Å². The molecule has 0 fully saturated rings. The Morgan fingerprint density at radius 2 is 2.46 bits per heavy atom. The molecule has 70 valence electrons. The summed E-state index contributed by atoms with van der Waals surface area (Å²) in [4.78, 5) is 10.8. The molecule has 2 rings (SSSR count). The number of carboxylic acids is 1. The molecule has 0 unspecified atom stereocenters. The highest BCUT2D eigenvalue weighted by molar-refractivity contribution is 5.87. The van der Waals surface area contributed by atoms with E-state index in [1.165, 1.54) is 0 Å². The van der Waals surface area contributed by atoms with Crippen LogP contribution < -0.4 is 0 Å². The molecule has 0 saturated carbocycles. The summed E-state index contributed by atoms with van der Waals surface area (Å²) in [6.45, 7) is 2.14. The molecule has 0 radical (unpaired) electrons. The second kappa shape index (κ2) is 2.87. The number of rotatable bonds is 1. The monoisotopic (exact) mass is 180 g/mol. The molecule has 1 aliphatic carbocycles. The first-order valence-corrected chi connectivity index (χ1v) is 4.48. The van der Waals surface area contributed by atoms with Gasteiger partial charge in [-0.3, -0.25) is 5.10 Å². The molecule has 0 saturated heterocycles. The zero-order valence-electron chi connectivity index (χ0n) is 7.50. The number of aromatic carboxylic acids is 1. The summed E-state index contributed by atoms with van der Waals surface area (Å²) >= 11 is 0. The number of aromatic nitrogens is 2. The van der Waals surface area contributed by atoms with Crippen LogP contribution in [0, 0.1) is 5.92 Å². The van der Waals surface area contributed by atoms with Crippen molar-refractivity contribution < 1.29 is 9.90 Å². The van der Waals surface area contributed by atoms with Gasteiger partial charge >= 0.3 is 5.97 Å². The fourth-order valence-corrected chi connectivity index (χ4v) is 1.85. The summed E-state index contributed by atoms with van der Waals surface area (Å²) in [5.41, 5.74) is 2.13. The molecule has 1 heterocycles. The minimum Gasteiger partial charge on any atom is -0.476 e. The van der Waals surface area contributed by atoms with Crippen molar-refractivity contribution in [3.8, 4) is 0 Å². The van der Waals surface area contributed by atoms with Gasteiger partial charge in [-0.05, 0) is 25.2 Å². The van der Waals surface area contributed by atoms with Gasteiger partial charge in [0.15, 0.2) is 5.69 Å². The Labute approximate surface area is 76.0 Å². The van der Waals surface area contributed by atoms with E-state index in [0.717, 1.165) is 30.5 Å². The molecule has 4 nitrogen and oxygen atoms in total. The highest BCUT2D eigenvalue weighted by Gasteiger charge is 2.24. The number of carboxylic acid groups (broad SMARTS) is 1. The van der Waals surface area contributed by atoms with E-state index in [-0.39, 0.29) is 5.69 Å². The molecule has 1 aromatic rings. The van der Waals surface area contributed by atoms with Crippen molar-refractivity contribution in [2.24, 2.45) is 5.92 Å². The number of H-pyrrole nitrogens is 1. The van der Waals surface area contributed by atoms with Gasteiger partial charge < -0.3 is 5.11 Å². The quantitative estimate of drug-likeness (QED) is 0.683. The van der Waals surface area contributed by atoms with Crippen LogP contribution in [-0.2, 0) is 12.8 Å². The van der Waals surface area contributed by atoms with Crippen LogP contribution >= 0.6 is 0 Å². The van der Waals surface area contributed by atoms with E-state index in [1.54, 1.807) is 0 Å². The smallest absolute Gasteiger partial charge is 0.356 e. The van der Waals surface area contributed by atoms with Crippen molar-refractivity contribution >= 4 is 5.97 Å². The van der Waals surface area contributed by atoms with Gasteiger partial charge in [-0.25, -0.2) is 4.79 Å². The number of aromatic amines is 1. The second-order valence-corrected chi connectivity index (χ2v) is 3.68. The molecule has 1 atom stereocenters. The molecule has 13 heavy (non-hydrogen) atoms. The van der Waals surface area contributed by atoms with Crippen molar-refractivity contribution in [2.45, 2.75) is 26.2 Å². The van der Waals surface area contributed by atoms with Crippen molar-refractivity contribution in [2.75, 3.05) is 0 Å². The Morgan fingerprint density at radius 1 is 1.69 bits per heavy atom. The van der Waals surface area contributed by atoms with E-state index in [1.807, 2.05) is 0 Å². The Kier molecular flexibility index (Phi) is 1.83. The van der Waals surface area contributed by atoms with Gasteiger partial charge in [0.25, 0.3) is 0 Å². The van der Waals surface area contributed by atoms with Crippen molar-refractivity contribution in [1.82, 2.24) is 10.2 Å². The van der Waals surface area contributed by atoms with Crippen molar-refractivity contribution in [1.29, 1.82) is 0 Å². The van der Waals surface area contributed by atoms with Crippen LogP contribution in [0.25, 0.3) is 0 Å². The zero-order valence-corrected chi connectivity index (χ0v) is 7.50. The summed E-state index contributed by atoms with van der Waals surface area (Å²) in [6.07, 6.45) is 2.89. The molecule has 0 bridgehead atoms. The third kappa shape index (κ3) is 1.32. The average Bonchev–Trinajstić information content (AvgIpc) is 2.46. The van der Waals surface area contributed by atoms with Crippen LogP contribution in [-0.4, -0.2) is 21.3 Å². The summed E-state index contributed by atoms with van der Waals surface area (Å²) in [5.74, 6) is -0.352.